The van der Waals surface area contributed by atoms with Gasteiger partial charge in [0.05, 0.1) is 0 Å². The topological polar surface area (TPSA) is 52.3 Å². The maximum absolute atomic E-state index is 13.3. The zero-order valence-electron chi connectivity index (χ0n) is 13.1. The molecular weight excluding hydrogens is 283 g/mol. The van der Waals surface area contributed by atoms with E-state index >= 15 is 0 Å². The van der Waals surface area contributed by atoms with Gasteiger partial charge < -0.3 is 5.11 Å². The van der Waals surface area contributed by atoms with E-state index in [2.05, 4.69) is 5.32 Å². The van der Waals surface area contributed by atoms with Gasteiger partial charge in [0.2, 0.25) is 5.85 Å². The number of carbonyl (C=O) groups is 1. The highest BCUT2D eigenvalue weighted by atomic mass is 19.1. The predicted octanol–water partition coefficient (Wildman–Crippen LogP) is 2.63. The van der Waals surface area contributed by atoms with Gasteiger partial charge in [-0.15, -0.1) is 0 Å². The summed E-state index contributed by atoms with van der Waals surface area (Å²) >= 11 is 0. The number of nitrogens with zero attached hydrogens (tertiary/aromatic N) is 1. The Balaban J connectivity index is 1.77. The summed E-state index contributed by atoms with van der Waals surface area (Å²) in [4.78, 5) is 14.0. The maximum atomic E-state index is 13.3. The van der Waals surface area contributed by atoms with E-state index in [0.29, 0.717) is 0 Å². The molecule has 1 aliphatic carbocycles. The first-order valence-electron chi connectivity index (χ1n) is 7.96. The van der Waals surface area contributed by atoms with E-state index in [1.807, 2.05) is 13.8 Å². The number of hydrogen-bond acceptors (Lipinski definition) is 3. The minimum atomic E-state index is -1.35. The van der Waals surface area contributed by atoms with Crippen LogP contribution >= 0.6 is 0 Å². The molecule has 3 rings (SSSR count). The van der Waals surface area contributed by atoms with Crippen molar-refractivity contribution in [3.8, 4) is 0 Å². The van der Waals surface area contributed by atoms with E-state index in [9.17, 15) is 14.3 Å². The highest BCUT2D eigenvalue weighted by molar-refractivity contribution is 5.97. The number of amides is 1. The summed E-state index contributed by atoms with van der Waals surface area (Å²) in [5.41, 5.74) is -0.442. The van der Waals surface area contributed by atoms with E-state index in [0.717, 1.165) is 25.7 Å². The molecule has 1 heterocycles. The number of halogens is 1. The van der Waals surface area contributed by atoms with Gasteiger partial charge in [-0.3, -0.25) is 15.0 Å². The number of benzene rings is 1. The van der Waals surface area contributed by atoms with Gasteiger partial charge in [0.15, 0.2) is 0 Å². The van der Waals surface area contributed by atoms with Crippen LogP contribution in [0.5, 0.6) is 0 Å². The second-order valence-corrected chi connectivity index (χ2v) is 6.86. The Morgan fingerprint density at radius 3 is 2.64 bits per heavy atom. The molecule has 1 unspecified atom stereocenters. The van der Waals surface area contributed by atoms with Gasteiger partial charge in [-0.1, -0.05) is 25.3 Å². The molecule has 2 fully saturated rings. The van der Waals surface area contributed by atoms with Crippen LogP contribution in [-0.2, 0) is 0 Å². The number of hydrogen-bond donors (Lipinski definition) is 2. The smallest absolute Gasteiger partial charge is 0.257 e. The van der Waals surface area contributed by atoms with Gasteiger partial charge in [0.25, 0.3) is 5.91 Å². The zero-order chi connectivity index (χ0) is 16.0. The van der Waals surface area contributed by atoms with Crippen LogP contribution in [0.25, 0.3) is 0 Å². The largest absolute Gasteiger partial charge is 0.356 e. The molecule has 4 nitrogen and oxygen atoms in total. The molecule has 0 radical (unpaired) electrons. The molecule has 120 valence electrons. The van der Waals surface area contributed by atoms with Crippen molar-refractivity contribution in [2.45, 2.75) is 63.4 Å². The molecule has 1 aromatic rings. The number of carbonyl (C=O) groups excluding carboxylic acids is 1. The molecule has 0 bridgehead atoms. The quantitative estimate of drug-likeness (QED) is 0.667. The Kier molecular flexibility index (Phi) is 3.73. The summed E-state index contributed by atoms with van der Waals surface area (Å²) in [5, 5.41) is 14.1. The zero-order valence-corrected chi connectivity index (χ0v) is 13.1. The number of aliphatic hydroxyl groups is 1. The number of rotatable bonds is 3. The molecule has 0 aromatic heterocycles. The lowest BCUT2D eigenvalue weighted by atomic mass is 9.95. The molecular formula is C17H23FN2O2. The summed E-state index contributed by atoms with van der Waals surface area (Å²) in [6.07, 6.45) is 5.55. The lowest BCUT2D eigenvalue weighted by Gasteiger charge is -2.26. The van der Waals surface area contributed by atoms with Crippen LogP contribution in [0, 0.1) is 5.82 Å². The third-order valence-electron chi connectivity index (χ3n) is 4.97. The first kappa shape index (κ1) is 15.4. The molecule has 22 heavy (non-hydrogen) atoms. The van der Waals surface area contributed by atoms with Crippen LogP contribution in [0.15, 0.2) is 24.3 Å². The third kappa shape index (κ3) is 2.42. The van der Waals surface area contributed by atoms with Gasteiger partial charge in [0, 0.05) is 11.6 Å². The van der Waals surface area contributed by atoms with Crippen molar-refractivity contribution in [1.82, 2.24) is 10.2 Å². The van der Waals surface area contributed by atoms with Crippen LogP contribution in [0.1, 0.15) is 56.3 Å². The lowest BCUT2D eigenvalue weighted by Crippen LogP contribution is -2.47. The average molecular weight is 306 g/mol. The second kappa shape index (κ2) is 5.32. The first-order valence-corrected chi connectivity index (χ1v) is 7.96. The molecule has 1 saturated carbocycles. The van der Waals surface area contributed by atoms with E-state index in [4.69, 9.17) is 0 Å². The fourth-order valence-electron chi connectivity index (χ4n) is 3.49. The Morgan fingerprint density at radius 2 is 2.00 bits per heavy atom. The minimum Gasteiger partial charge on any atom is -0.356 e. The Labute approximate surface area is 130 Å². The molecule has 1 aliphatic heterocycles. The van der Waals surface area contributed by atoms with Crippen molar-refractivity contribution in [3.05, 3.63) is 35.6 Å². The van der Waals surface area contributed by atoms with Crippen LogP contribution in [-0.4, -0.2) is 33.3 Å². The fourth-order valence-corrected chi connectivity index (χ4v) is 3.49. The van der Waals surface area contributed by atoms with Crippen LogP contribution in [0.3, 0.4) is 0 Å². The highest BCUT2D eigenvalue weighted by Gasteiger charge is 2.72. The minimum absolute atomic E-state index is 0.225. The maximum Gasteiger partial charge on any atom is 0.257 e. The average Bonchev–Trinajstić information content (AvgIpc) is 2.91. The second-order valence-electron chi connectivity index (χ2n) is 6.86. The first-order chi connectivity index (χ1) is 10.4. The van der Waals surface area contributed by atoms with Crippen LogP contribution in [0.2, 0.25) is 0 Å². The SMILES string of the molecule is CC1(C)N(C(=O)c2cccc(F)c2)C1(O)NC1CCCCC1. The highest BCUT2D eigenvalue weighted by Crippen LogP contribution is 2.49. The van der Waals surface area contributed by atoms with Gasteiger partial charge in [-0.25, -0.2) is 4.39 Å². The Morgan fingerprint density at radius 1 is 1.32 bits per heavy atom. The van der Waals surface area contributed by atoms with Crippen molar-refractivity contribution in [2.75, 3.05) is 0 Å². The lowest BCUT2D eigenvalue weighted by molar-refractivity contribution is 0.0269. The summed E-state index contributed by atoms with van der Waals surface area (Å²) in [6, 6.07) is 5.81. The molecule has 1 aromatic carbocycles. The predicted molar refractivity (Wildman–Crippen MR) is 81.6 cm³/mol. The van der Waals surface area contributed by atoms with E-state index in [1.165, 1.54) is 29.5 Å². The summed E-state index contributed by atoms with van der Waals surface area (Å²) in [5.74, 6) is -2.15. The molecule has 2 aliphatic rings. The van der Waals surface area contributed by atoms with Crippen LogP contribution in [0.4, 0.5) is 4.39 Å². The van der Waals surface area contributed by atoms with Crippen molar-refractivity contribution in [1.29, 1.82) is 0 Å². The molecule has 1 amide bonds. The van der Waals surface area contributed by atoms with Gasteiger partial charge in [-0.2, -0.15) is 0 Å². The molecule has 5 heteroatoms. The third-order valence-corrected chi connectivity index (χ3v) is 4.97. The van der Waals surface area contributed by atoms with Crippen molar-refractivity contribution < 1.29 is 14.3 Å². The summed E-state index contributed by atoms with van der Waals surface area (Å²) < 4.78 is 13.3. The van der Waals surface area contributed by atoms with Crippen molar-refractivity contribution in [2.24, 2.45) is 0 Å². The van der Waals surface area contributed by atoms with Gasteiger partial charge in [-0.05, 0) is 44.9 Å². The molecule has 2 N–H and O–H groups in total. The molecule has 1 saturated heterocycles. The van der Waals surface area contributed by atoms with Gasteiger partial charge >= 0.3 is 0 Å². The standard InChI is InChI=1S/C17H23FN2O2/c1-16(2)17(22,19-14-9-4-3-5-10-14)20(16)15(21)12-7-6-8-13(18)11-12/h6-8,11,14,19,22H,3-5,9-10H2,1-2H3. The van der Waals surface area contributed by atoms with Crippen LogP contribution < -0.4 is 5.32 Å². The monoisotopic (exact) mass is 306 g/mol. The molecule has 0 spiro atoms. The Hall–Kier alpha value is -1.46. The summed E-state index contributed by atoms with van der Waals surface area (Å²) in [7, 11) is 0. The van der Waals surface area contributed by atoms with Crippen molar-refractivity contribution >= 4 is 5.91 Å². The summed E-state index contributed by atoms with van der Waals surface area (Å²) in [6.45, 7) is 3.64. The molecule has 1 atom stereocenters. The Bertz CT molecular complexity index is 584. The van der Waals surface area contributed by atoms with E-state index in [-0.39, 0.29) is 17.5 Å². The fraction of sp³-hybridized carbons (Fsp3) is 0.588. The van der Waals surface area contributed by atoms with E-state index in [1.54, 1.807) is 6.07 Å². The van der Waals surface area contributed by atoms with E-state index < -0.39 is 17.2 Å². The normalized spacial score (nSPS) is 27.7. The van der Waals surface area contributed by atoms with Crippen molar-refractivity contribution in [3.63, 3.8) is 0 Å². The van der Waals surface area contributed by atoms with Gasteiger partial charge in [0.1, 0.15) is 11.4 Å². The number of nitrogens with one attached hydrogen (secondary N) is 1.